The van der Waals surface area contributed by atoms with Crippen LogP contribution in [0.3, 0.4) is 0 Å². The number of fused-ring (bicyclic) bond motifs is 7. The fraction of sp³-hybridized carbons (Fsp3) is 0.133. The van der Waals surface area contributed by atoms with Crippen molar-refractivity contribution in [1.29, 1.82) is 0 Å². The maximum atomic E-state index is 7.97. The standard InChI is InChI=1S/C15H11N4S/c1-18-11-4-6-16-7-10(11)13-14(18)19-8-9-3-2-5-17-12(9)15(19)20-13/h2-7H,8H2,1H3/q+1/i1D3. The van der Waals surface area contributed by atoms with Gasteiger partial charge in [0.25, 0.3) is 0 Å². The van der Waals surface area contributed by atoms with Gasteiger partial charge in [-0.05, 0) is 6.07 Å². The van der Waals surface area contributed by atoms with E-state index in [4.69, 9.17) is 4.11 Å². The molecule has 4 aromatic heterocycles. The van der Waals surface area contributed by atoms with Crippen LogP contribution in [0.5, 0.6) is 0 Å². The second kappa shape index (κ2) is 3.43. The molecule has 0 unspecified atom stereocenters. The van der Waals surface area contributed by atoms with Crippen molar-refractivity contribution in [2.24, 2.45) is 6.98 Å². The number of nitrogens with zero attached hydrogens (tertiary/aromatic N) is 4. The highest BCUT2D eigenvalue weighted by Gasteiger charge is 2.32. The van der Waals surface area contributed by atoms with Gasteiger partial charge in [-0.2, -0.15) is 0 Å². The first-order valence-electron chi connectivity index (χ1n) is 7.81. The predicted octanol–water partition coefficient (Wildman–Crippen LogP) is 2.50. The summed E-state index contributed by atoms with van der Waals surface area (Å²) < 4.78 is 28.4. The molecule has 0 saturated heterocycles. The average Bonchev–Trinajstić information content (AvgIpc) is 3.13. The van der Waals surface area contributed by atoms with Crippen molar-refractivity contribution in [3.05, 3.63) is 42.4 Å². The number of hydrogen-bond acceptors (Lipinski definition) is 3. The second-order valence-electron chi connectivity index (χ2n) is 4.89. The van der Waals surface area contributed by atoms with Crippen LogP contribution in [0.1, 0.15) is 9.68 Å². The Kier molecular flexibility index (Phi) is 1.39. The Bertz CT molecular complexity index is 1090. The third-order valence-electron chi connectivity index (χ3n) is 3.82. The van der Waals surface area contributed by atoms with Crippen molar-refractivity contribution in [3.63, 3.8) is 0 Å². The fourth-order valence-electron chi connectivity index (χ4n) is 2.94. The van der Waals surface area contributed by atoms with Crippen LogP contribution in [0.2, 0.25) is 0 Å². The van der Waals surface area contributed by atoms with E-state index in [-0.39, 0.29) is 0 Å². The van der Waals surface area contributed by atoms with Crippen molar-refractivity contribution in [2.45, 2.75) is 6.54 Å². The highest BCUT2D eigenvalue weighted by molar-refractivity contribution is 7.22. The molecule has 0 aliphatic carbocycles. The van der Waals surface area contributed by atoms with Gasteiger partial charge in [0.2, 0.25) is 5.01 Å². The predicted molar refractivity (Wildman–Crippen MR) is 78.6 cm³/mol. The number of aromatic nitrogens is 4. The maximum Gasteiger partial charge on any atom is 0.301 e. The fourth-order valence-corrected chi connectivity index (χ4v) is 4.23. The Balaban J connectivity index is 1.97. The Morgan fingerprint density at radius 2 is 2.40 bits per heavy atom. The maximum absolute atomic E-state index is 7.97. The molecule has 0 aromatic carbocycles. The highest BCUT2D eigenvalue weighted by Crippen LogP contribution is 2.38. The molecule has 4 nitrogen and oxygen atoms in total. The summed E-state index contributed by atoms with van der Waals surface area (Å²) in [5.74, 6) is 0. The quantitative estimate of drug-likeness (QED) is 0.409. The van der Waals surface area contributed by atoms with Crippen LogP contribution in [0.15, 0.2) is 36.8 Å². The van der Waals surface area contributed by atoms with Gasteiger partial charge < -0.3 is 0 Å². The van der Waals surface area contributed by atoms with Gasteiger partial charge in [-0.25, -0.2) is 9.13 Å². The van der Waals surface area contributed by atoms with Crippen molar-refractivity contribution in [2.75, 3.05) is 0 Å². The van der Waals surface area contributed by atoms with Gasteiger partial charge in [-0.1, -0.05) is 17.4 Å². The lowest BCUT2D eigenvalue weighted by atomic mass is 10.2. The third-order valence-corrected chi connectivity index (χ3v) is 5.03. The molecule has 0 bridgehead atoms. The van der Waals surface area contributed by atoms with Crippen molar-refractivity contribution < 1.29 is 8.68 Å². The molecule has 1 aliphatic heterocycles. The van der Waals surface area contributed by atoms with Gasteiger partial charge in [0.1, 0.15) is 22.5 Å². The van der Waals surface area contributed by atoms with Crippen LogP contribution in [0.4, 0.5) is 0 Å². The molecule has 0 amide bonds. The summed E-state index contributed by atoms with van der Waals surface area (Å²) >= 11 is 1.59. The average molecular weight is 282 g/mol. The lowest BCUT2D eigenvalue weighted by Crippen LogP contribution is -2.32. The largest absolute Gasteiger partial charge is 0.301 e. The number of aryl methyl sites for hydroxylation is 1. The first-order valence-corrected chi connectivity index (χ1v) is 7.13. The van der Waals surface area contributed by atoms with Gasteiger partial charge in [-0.3, -0.25) is 9.97 Å². The molecule has 96 valence electrons. The minimum absolute atomic E-state index is 0.651. The van der Waals surface area contributed by atoms with Gasteiger partial charge in [0.15, 0.2) is 0 Å². The summed E-state index contributed by atoms with van der Waals surface area (Å²) in [4.78, 5) is 8.64. The van der Waals surface area contributed by atoms with E-state index in [1.807, 2.05) is 12.1 Å². The van der Waals surface area contributed by atoms with E-state index in [2.05, 4.69) is 14.5 Å². The first kappa shape index (κ1) is 8.11. The van der Waals surface area contributed by atoms with Crippen LogP contribution in [-0.4, -0.2) is 14.5 Å². The third kappa shape index (κ3) is 1.10. The zero-order valence-corrected chi connectivity index (χ0v) is 11.2. The van der Waals surface area contributed by atoms with Crippen molar-refractivity contribution >= 4 is 32.6 Å². The molecule has 5 heterocycles. The molecule has 0 atom stereocenters. The van der Waals surface area contributed by atoms with E-state index in [0.717, 1.165) is 32.0 Å². The minimum Gasteiger partial charge on any atom is -0.264 e. The molecule has 4 aromatic rings. The van der Waals surface area contributed by atoms with Gasteiger partial charge in [0.05, 0.1) is 16.5 Å². The summed E-state index contributed by atoms with van der Waals surface area (Å²) in [5, 5.41) is 1.89. The number of rotatable bonds is 0. The molecule has 0 fully saturated rings. The summed E-state index contributed by atoms with van der Waals surface area (Å²) in [6.45, 7) is -1.59. The lowest BCUT2D eigenvalue weighted by Gasteiger charge is -1.93. The Labute approximate surface area is 123 Å². The lowest BCUT2D eigenvalue weighted by molar-refractivity contribution is -0.644. The molecule has 0 saturated carbocycles. The molecular weight excluding hydrogens is 268 g/mol. The van der Waals surface area contributed by atoms with E-state index in [1.165, 1.54) is 4.57 Å². The number of thiazole rings is 1. The normalized spacial score (nSPS) is 15.9. The number of pyridine rings is 2. The van der Waals surface area contributed by atoms with Gasteiger partial charge in [0, 0.05) is 30.2 Å². The second-order valence-corrected chi connectivity index (χ2v) is 5.88. The molecular formula is C15H11N4S+. The zero-order chi connectivity index (χ0) is 15.8. The molecule has 20 heavy (non-hydrogen) atoms. The van der Waals surface area contributed by atoms with Crippen LogP contribution < -0.4 is 4.57 Å². The topological polar surface area (TPSA) is 34.6 Å². The smallest absolute Gasteiger partial charge is 0.264 e. The van der Waals surface area contributed by atoms with E-state index in [0.29, 0.717) is 12.1 Å². The highest BCUT2D eigenvalue weighted by atomic mass is 32.1. The molecule has 5 heteroatoms. The van der Waals surface area contributed by atoms with Crippen LogP contribution in [0.25, 0.3) is 32.0 Å². The van der Waals surface area contributed by atoms with Gasteiger partial charge in [-0.15, -0.1) is 0 Å². The first-order chi connectivity index (χ1) is 11.1. The monoisotopic (exact) mass is 282 g/mol. The van der Waals surface area contributed by atoms with E-state index in [9.17, 15) is 0 Å². The Morgan fingerprint density at radius 3 is 3.35 bits per heavy atom. The van der Waals surface area contributed by atoms with Crippen LogP contribution >= 0.6 is 11.3 Å². The molecule has 0 spiro atoms. The SMILES string of the molecule is [2H]C([2H])([2H])n1c2ccncc2c2sc3[n+](c21)Cc1cccnc1-3. The molecule has 5 rings (SSSR count). The summed E-state index contributed by atoms with van der Waals surface area (Å²) in [6.07, 6.45) is 5.15. The van der Waals surface area contributed by atoms with E-state index < -0.39 is 6.98 Å². The van der Waals surface area contributed by atoms with Crippen LogP contribution in [0, 0.1) is 0 Å². The summed E-state index contributed by atoms with van der Waals surface area (Å²) in [6, 6.07) is 5.72. The minimum atomic E-state index is -2.24. The molecule has 1 aliphatic rings. The van der Waals surface area contributed by atoms with E-state index in [1.54, 1.807) is 36.0 Å². The van der Waals surface area contributed by atoms with Crippen molar-refractivity contribution in [3.8, 4) is 10.7 Å². The summed E-state index contributed by atoms with van der Waals surface area (Å²) in [5.41, 5.74) is 3.50. The zero-order valence-electron chi connectivity index (χ0n) is 13.4. The Hall–Kier alpha value is -2.27. The van der Waals surface area contributed by atoms with E-state index >= 15 is 0 Å². The van der Waals surface area contributed by atoms with Crippen molar-refractivity contribution in [1.82, 2.24) is 14.5 Å². The Morgan fingerprint density at radius 1 is 1.40 bits per heavy atom. The van der Waals surface area contributed by atoms with Crippen LogP contribution in [-0.2, 0) is 13.5 Å². The van der Waals surface area contributed by atoms with Gasteiger partial charge >= 0.3 is 5.65 Å². The summed E-state index contributed by atoms with van der Waals surface area (Å²) in [7, 11) is 0. The molecule has 0 radical (unpaired) electrons. The molecule has 0 N–H and O–H groups in total. The number of hydrogen-bond donors (Lipinski definition) is 0.